The van der Waals surface area contributed by atoms with Gasteiger partial charge in [-0.2, -0.15) is 0 Å². The highest BCUT2D eigenvalue weighted by atomic mass is 32.1. The van der Waals surface area contributed by atoms with Gasteiger partial charge in [0.2, 0.25) is 0 Å². The molecule has 0 bridgehead atoms. The lowest BCUT2D eigenvalue weighted by Crippen LogP contribution is -1.94. The molecule has 0 aromatic carbocycles. The van der Waals surface area contributed by atoms with Crippen molar-refractivity contribution in [2.45, 2.75) is 0 Å². The van der Waals surface area contributed by atoms with Gasteiger partial charge < -0.3 is 20.4 Å². The molecule has 0 aliphatic heterocycles. The summed E-state index contributed by atoms with van der Waals surface area (Å²) in [5.74, 6) is 0. The second-order valence-electron chi connectivity index (χ2n) is 0.852. The Morgan fingerprint density at radius 2 is 1.56 bits per heavy atom. The molecule has 5 nitrogen and oxygen atoms in total. The van der Waals surface area contributed by atoms with E-state index in [2.05, 4.69) is 24.8 Å². The van der Waals surface area contributed by atoms with Crippen molar-refractivity contribution in [3.8, 4) is 0 Å². The second kappa shape index (κ2) is 5.16. The molecular formula is CH6NO4PS2. The molecule has 0 radical (unpaired) electrons. The van der Waals surface area contributed by atoms with Gasteiger partial charge >= 0.3 is 7.82 Å². The van der Waals surface area contributed by atoms with Crippen LogP contribution in [0, 0.1) is 0 Å². The van der Waals surface area contributed by atoms with Crippen molar-refractivity contribution in [3.05, 3.63) is 0 Å². The lowest BCUT2D eigenvalue weighted by molar-refractivity contribution is 0.275. The molecular weight excluding hydrogens is 185 g/mol. The van der Waals surface area contributed by atoms with Gasteiger partial charge in [0.25, 0.3) is 0 Å². The third kappa shape index (κ3) is 2750. The zero-order valence-electron chi connectivity index (χ0n) is 4.13. The normalized spacial score (nSPS) is 9.33. The first kappa shape index (κ1) is 12.1. The summed E-state index contributed by atoms with van der Waals surface area (Å²) in [6, 6.07) is 0. The highest BCUT2D eigenvalue weighted by Crippen LogP contribution is 2.25. The van der Waals surface area contributed by atoms with Crippen LogP contribution in [0.15, 0.2) is 0 Å². The number of rotatable bonds is 0. The van der Waals surface area contributed by atoms with Gasteiger partial charge in [0.15, 0.2) is 0 Å². The van der Waals surface area contributed by atoms with E-state index in [1.54, 1.807) is 0 Å². The molecule has 0 amide bonds. The van der Waals surface area contributed by atoms with Crippen molar-refractivity contribution in [1.29, 1.82) is 0 Å². The highest BCUT2D eigenvalue weighted by Gasteiger charge is 2.00. The van der Waals surface area contributed by atoms with E-state index in [0.717, 1.165) is 0 Å². The third-order valence-electron chi connectivity index (χ3n) is 0. The lowest BCUT2D eigenvalue weighted by atomic mass is 11.5. The highest BCUT2D eigenvalue weighted by molar-refractivity contribution is 8.10. The summed E-state index contributed by atoms with van der Waals surface area (Å²) in [4.78, 5) is 21.6. The van der Waals surface area contributed by atoms with Gasteiger partial charge in [0.05, 0.1) is 0 Å². The molecule has 56 valence electrons. The molecule has 0 spiro atoms. The Bertz CT molecular complexity index is 118. The van der Waals surface area contributed by atoms with E-state index in [-0.39, 0.29) is 4.32 Å². The van der Waals surface area contributed by atoms with Crippen LogP contribution in [-0.4, -0.2) is 19.0 Å². The van der Waals surface area contributed by atoms with Crippen molar-refractivity contribution >= 4 is 37.0 Å². The fraction of sp³-hybridized carbons (Fsp3) is 0. The predicted molar refractivity (Wildman–Crippen MR) is 40.0 cm³/mol. The number of hydrogen-bond donors (Lipinski definition) is 5. The first-order valence-corrected chi connectivity index (χ1v) is 3.92. The zero-order valence-corrected chi connectivity index (χ0v) is 6.74. The Morgan fingerprint density at radius 1 is 1.56 bits per heavy atom. The van der Waals surface area contributed by atoms with Gasteiger partial charge in [0.1, 0.15) is 4.32 Å². The number of nitrogens with two attached hydrogens (primary N) is 1. The largest absolute Gasteiger partial charge is 0.466 e. The minimum Gasteiger partial charge on any atom is -0.385 e. The van der Waals surface area contributed by atoms with E-state index in [1.165, 1.54) is 0 Å². The second-order valence-corrected chi connectivity index (χ2v) is 3.10. The van der Waals surface area contributed by atoms with Gasteiger partial charge in [-0.3, -0.25) is 0 Å². The molecule has 0 saturated heterocycles. The van der Waals surface area contributed by atoms with E-state index < -0.39 is 7.82 Å². The lowest BCUT2D eigenvalue weighted by Gasteiger charge is -1.82. The molecule has 0 aromatic heterocycles. The molecule has 0 fully saturated rings. The van der Waals surface area contributed by atoms with E-state index >= 15 is 0 Å². The Morgan fingerprint density at radius 3 is 1.56 bits per heavy atom. The number of thiocarbonyl (C=S) groups is 1. The Balaban J connectivity index is 0. The van der Waals surface area contributed by atoms with Crippen LogP contribution in [0.3, 0.4) is 0 Å². The maximum atomic E-state index is 8.88. The van der Waals surface area contributed by atoms with Crippen LogP contribution in [0.2, 0.25) is 0 Å². The van der Waals surface area contributed by atoms with Crippen molar-refractivity contribution in [2.24, 2.45) is 5.73 Å². The third-order valence-corrected chi connectivity index (χ3v) is 0. The average Bonchev–Trinajstić information content (AvgIpc) is 1.19. The molecule has 0 atom stereocenters. The molecule has 0 rings (SSSR count). The summed E-state index contributed by atoms with van der Waals surface area (Å²) in [6.07, 6.45) is 0. The van der Waals surface area contributed by atoms with Gasteiger partial charge in [-0.05, 0) is 0 Å². The van der Waals surface area contributed by atoms with Gasteiger partial charge in [-0.15, -0.1) is 12.6 Å². The quantitative estimate of drug-likeness (QED) is 0.196. The summed E-state index contributed by atoms with van der Waals surface area (Å²) in [6.45, 7) is 0. The molecule has 9 heavy (non-hydrogen) atoms. The van der Waals surface area contributed by atoms with Crippen molar-refractivity contribution < 1.29 is 19.2 Å². The molecule has 0 aliphatic rings. The van der Waals surface area contributed by atoms with Gasteiger partial charge in [0, 0.05) is 0 Å². The molecule has 0 aliphatic carbocycles. The predicted octanol–water partition coefficient (Wildman–Crippen LogP) is -0.769. The summed E-state index contributed by atoms with van der Waals surface area (Å²) >= 11 is 7.65. The number of phosphoric acid groups is 1. The van der Waals surface area contributed by atoms with Crippen molar-refractivity contribution in [3.63, 3.8) is 0 Å². The van der Waals surface area contributed by atoms with E-state index in [4.69, 9.17) is 25.0 Å². The summed E-state index contributed by atoms with van der Waals surface area (Å²) < 4.78 is 9.08. The minimum atomic E-state index is -4.64. The number of thiol groups is 1. The van der Waals surface area contributed by atoms with Crippen molar-refractivity contribution in [1.82, 2.24) is 0 Å². The Kier molecular flexibility index (Phi) is 6.92. The fourth-order valence-electron chi connectivity index (χ4n) is 0. The molecule has 8 heteroatoms. The zero-order chi connectivity index (χ0) is 8.08. The van der Waals surface area contributed by atoms with E-state index in [0.29, 0.717) is 0 Å². The first-order chi connectivity index (χ1) is 3.73. The van der Waals surface area contributed by atoms with Crippen LogP contribution in [0.25, 0.3) is 0 Å². The number of hydrogen-bond acceptors (Lipinski definition) is 2. The molecule has 0 saturated carbocycles. The van der Waals surface area contributed by atoms with Gasteiger partial charge in [-0.1, -0.05) is 12.2 Å². The summed E-state index contributed by atoms with van der Waals surface area (Å²) in [5.41, 5.74) is 4.71. The summed E-state index contributed by atoms with van der Waals surface area (Å²) in [5, 5.41) is 0. The van der Waals surface area contributed by atoms with Gasteiger partial charge in [-0.25, -0.2) is 4.57 Å². The molecule has 0 aromatic rings. The smallest absolute Gasteiger partial charge is 0.385 e. The SMILES string of the molecule is NC(=S)S.O=P(O)(O)O. The summed E-state index contributed by atoms with van der Waals surface area (Å²) in [7, 11) is -4.64. The monoisotopic (exact) mass is 191 g/mol. The Labute approximate surface area is 62.5 Å². The topological polar surface area (TPSA) is 104 Å². The van der Waals surface area contributed by atoms with E-state index in [9.17, 15) is 0 Å². The fourth-order valence-corrected chi connectivity index (χ4v) is 0. The maximum Gasteiger partial charge on any atom is 0.466 e. The molecule has 0 heterocycles. The first-order valence-electron chi connectivity index (χ1n) is 1.50. The minimum absolute atomic E-state index is 0.194. The van der Waals surface area contributed by atoms with Crippen LogP contribution in [0.1, 0.15) is 0 Å². The van der Waals surface area contributed by atoms with Crippen LogP contribution in [0.5, 0.6) is 0 Å². The van der Waals surface area contributed by atoms with E-state index in [1.807, 2.05) is 0 Å². The van der Waals surface area contributed by atoms with Crippen LogP contribution in [0.4, 0.5) is 0 Å². The van der Waals surface area contributed by atoms with Crippen LogP contribution >= 0.6 is 32.7 Å². The maximum absolute atomic E-state index is 8.88. The Hall–Kier alpha value is 0.350. The van der Waals surface area contributed by atoms with Crippen molar-refractivity contribution in [2.75, 3.05) is 0 Å². The van der Waals surface area contributed by atoms with Crippen LogP contribution in [-0.2, 0) is 4.57 Å². The molecule has 5 N–H and O–H groups in total. The standard InChI is InChI=1S/CH3NS2.H3O4P/c2-1(3)4;1-5(2,3)4/h(H3,2,3,4);(H3,1,2,3,4). The van der Waals surface area contributed by atoms with Crippen LogP contribution < -0.4 is 5.73 Å². The average molecular weight is 191 g/mol. The molecule has 0 unspecified atom stereocenters.